The summed E-state index contributed by atoms with van der Waals surface area (Å²) in [6.45, 7) is 3.31. The van der Waals surface area contributed by atoms with E-state index in [4.69, 9.17) is 9.47 Å². The summed E-state index contributed by atoms with van der Waals surface area (Å²) in [5.41, 5.74) is -1.47. The van der Waals surface area contributed by atoms with Gasteiger partial charge in [0.15, 0.2) is 23.9 Å². The number of allylic oxidation sites excluding steroid dienone is 1. The van der Waals surface area contributed by atoms with Crippen molar-refractivity contribution in [1.29, 1.82) is 0 Å². The molecular weight excluding hydrogens is 610 g/mol. The van der Waals surface area contributed by atoms with Crippen LogP contribution in [-0.4, -0.2) is 81.3 Å². The molecule has 0 aliphatic heterocycles. The Balaban J connectivity index is 1.16. The highest BCUT2D eigenvalue weighted by molar-refractivity contribution is 5.92. The van der Waals surface area contributed by atoms with Gasteiger partial charge in [0.2, 0.25) is 11.7 Å². The minimum absolute atomic E-state index is 0.0199. The summed E-state index contributed by atoms with van der Waals surface area (Å²) in [5, 5.41) is 45.1. The lowest BCUT2D eigenvalue weighted by Crippen LogP contribution is -2.62. The number of ketones is 2. The third-order valence-electron chi connectivity index (χ3n) is 11.7. The molecule has 0 heterocycles. The van der Waals surface area contributed by atoms with E-state index in [2.05, 4.69) is 12.2 Å². The Morgan fingerprint density at radius 3 is 2.49 bits per heavy atom. The van der Waals surface area contributed by atoms with E-state index < -0.39 is 53.4 Å². The average Bonchev–Trinajstić information content (AvgIpc) is 3.30. The van der Waals surface area contributed by atoms with Crippen LogP contribution in [0.2, 0.25) is 0 Å². The van der Waals surface area contributed by atoms with Crippen molar-refractivity contribution in [3.05, 3.63) is 35.4 Å². The summed E-state index contributed by atoms with van der Waals surface area (Å²) in [5.74, 6) is -3.47. The Kier molecular flexibility index (Phi) is 9.58. The summed E-state index contributed by atoms with van der Waals surface area (Å²) < 4.78 is 9.96. The number of aliphatic hydroxyl groups is 2. The van der Waals surface area contributed by atoms with E-state index in [9.17, 15) is 44.4 Å². The van der Waals surface area contributed by atoms with Gasteiger partial charge in [-0.3, -0.25) is 19.2 Å². The number of aliphatic hydroxyl groups excluding tert-OH is 1. The maximum absolute atomic E-state index is 13.5. The van der Waals surface area contributed by atoms with Crippen molar-refractivity contribution in [3.8, 4) is 11.5 Å². The van der Waals surface area contributed by atoms with Crippen LogP contribution in [-0.2, 0) is 39.9 Å². The molecule has 0 bridgehead atoms. The van der Waals surface area contributed by atoms with Crippen LogP contribution in [0.5, 0.6) is 11.5 Å². The van der Waals surface area contributed by atoms with Gasteiger partial charge >= 0.3 is 11.9 Å². The van der Waals surface area contributed by atoms with Crippen LogP contribution < -0.4 is 5.32 Å². The van der Waals surface area contributed by atoms with Crippen LogP contribution in [0.15, 0.2) is 29.8 Å². The molecule has 4 aliphatic rings. The van der Waals surface area contributed by atoms with E-state index in [1.807, 2.05) is 6.92 Å². The molecule has 256 valence electrons. The zero-order valence-corrected chi connectivity index (χ0v) is 27.1. The number of esters is 2. The van der Waals surface area contributed by atoms with Crippen LogP contribution in [0.4, 0.5) is 0 Å². The molecule has 12 heteroatoms. The summed E-state index contributed by atoms with van der Waals surface area (Å²) >= 11 is 0. The predicted octanol–water partition coefficient (Wildman–Crippen LogP) is 2.42. The summed E-state index contributed by atoms with van der Waals surface area (Å²) in [6.07, 6.45) is 3.87. The third-order valence-corrected chi connectivity index (χ3v) is 11.7. The van der Waals surface area contributed by atoms with Crippen molar-refractivity contribution in [1.82, 2.24) is 5.32 Å². The monoisotopic (exact) mass is 655 g/mol. The number of hydrogen-bond acceptors (Lipinski definition) is 11. The maximum Gasteiger partial charge on any atom is 0.328 e. The Hall–Kier alpha value is -3.77. The number of carbonyl (C=O) groups excluding carboxylic acids is 5. The van der Waals surface area contributed by atoms with Gasteiger partial charge < -0.3 is 35.2 Å². The number of phenolic OH excluding ortho intramolecular Hbond substituents is 2. The topological polar surface area (TPSA) is 197 Å². The SMILES string of the molecule is COC(=O)[C@H](Cc1ccc(O)c(O)c1)NC(=O)CCC(=O)OCC(=O)[C@@]1(O)CC[C@H]2[C@@H]3CCC4=CC(=O)CC[C@]4(C)[C@H]3[C@@H](O)C[C@@]21C. The maximum atomic E-state index is 13.5. The number of benzene rings is 1. The van der Waals surface area contributed by atoms with Crippen molar-refractivity contribution in [2.24, 2.45) is 28.6 Å². The van der Waals surface area contributed by atoms with Crippen molar-refractivity contribution >= 4 is 29.4 Å². The molecule has 0 unspecified atom stereocenters. The number of aromatic hydroxyl groups is 2. The van der Waals surface area contributed by atoms with Gasteiger partial charge in [0.1, 0.15) is 11.6 Å². The Morgan fingerprint density at radius 1 is 1.04 bits per heavy atom. The van der Waals surface area contributed by atoms with E-state index in [1.165, 1.54) is 18.2 Å². The van der Waals surface area contributed by atoms with E-state index >= 15 is 0 Å². The first-order valence-corrected chi connectivity index (χ1v) is 16.3. The van der Waals surface area contributed by atoms with Gasteiger partial charge in [-0.2, -0.15) is 0 Å². The highest BCUT2D eigenvalue weighted by Crippen LogP contribution is 2.67. The van der Waals surface area contributed by atoms with Gasteiger partial charge in [-0.05, 0) is 85.5 Å². The highest BCUT2D eigenvalue weighted by atomic mass is 16.5. The highest BCUT2D eigenvalue weighted by Gasteiger charge is 2.68. The Bertz CT molecular complexity index is 1490. The van der Waals surface area contributed by atoms with Crippen LogP contribution in [0.25, 0.3) is 0 Å². The second-order valence-corrected chi connectivity index (χ2v) is 14.2. The molecule has 1 amide bonds. The number of hydrogen-bond donors (Lipinski definition) is 5. The first-order chi connectivity index (χ1) is 22.1. The molecule has 0 saturated heterocycles. The van der Waals surface area contributed by atoms with E-state index in [-0.39, 0.29) is 72.6 Å². The number of Topliss-reactive ketones (excluding diaryl/α,β-unsaturated/α-hetero) is 1. The van der Waals surface area contributed by atoms with Crippen LogP contribution in [0.1, 0.15) is 77.2 Å². The molecule has 4 aliphatic carbocycles. The fourth-order valence-corrected chi connectivity index (χ4v) is 9.24. The Labute approximate surface area is 273 Å². The molecule has 1 aromatic rings. The normalized spacial score (nSPS) is 33.4. The minimum atomic E-state index is -1.79. The number of methoxy groups -OCH3 is 1. The molecule has 47 heavy (non-hydrogen) atoms. The average molecular weight is 656 g/mol. The minimum Gasteiger partial charge on any atom is -0.504 e. The number of phenols is 2. The van der Waals surface area contributed by atoms with E-state index in [0.29, 0.717) is 24.8 Å². The fraction of sp³-hybridized carbons (Fsp3) is 0.629. The first-order valence-electron chi connectivity index (χ1n) is 16.3. The quantitative estimate of drug-likeness (QED) is 0.183. The lowest BCUT2D eigenvalue weighted by atomic mass is 9.45. The molecule has 8 atom stereocenters. The Morgan fingerprint density at radius 2 is 1.79 bits per heavy atom. The van der Waals surface area contributed by atoms with Crippen molar-refractivity contribution < 1.29 is 53.9 Å². The van der Waals surface area contributed by atoms with Gasteiger partial charge in [0, 0.05) is 24.7 Å². The molecule has 5 rings (SSSR count). The van der Waals surface area contributed by atoms with Gasteiger partial charge in [-0.15, -0.1) is 0 Å². The first kappa shape index (κ1) is 34.6. The van der Waals surface area contributed by atoms with Gasteiger partial charge in [-0.25, -0.2) is 4.79 Å². The second-order valence-electron chi connectivity index (χ2n) is 14.2. The number of nitrogens with one attached hydrogen (secondary N) is 1. The molecule has 5 N–H and O–H groups in total. The van der Waals surface area contributed by atoms with Gasteiger partial charge in [0.05, 0.1) is 19.6 Å². The number of carbonyl (C=O) groups is 5. The number of amides is 1. The molecule has 3 fully saturated rings. The van der Waals surface area contributed by atoms with Crippen molar-refractivity contribution in [2.75, 3.05) is 13.7 Å². The summed E-state index contributed by atoms with van der Waals surface area (Å²) in [7, 11) is 1.15. The van der Waals surface area contributed by atoms with Crippen LogP contribution in [0, 0.1) is 28.6 Å². The molecule has 3 saturated carbocycles. The molecule has 0 aromatic heterocycles. The number of rotatable bonds is 10. The molecule has 1 aromatic carbocycles. The molecule has 12 nitrogen and oxygen atoms in total. The summed E-state index contributed by atoms with van der Waals surface area (Å²) in [6, 6.07) is 2.85. The lowest BCUT2D eigenvalue weighted by molar-refractivity contribution is -0.184. The molecule has 0 spiro atoms. The standard InChI is InChI=1S/C35H45NO11/c1-33-12-10-21(37)16-20(33)5-6-22-23-11-13-35(45,34(23,2)17-27(40)31(22)33)28(41)18-47-30(43)9-8-29(42)36-24(32(44)46-3)14-19-4-7-25(38)26(39)15-19/h4,7,15-16,22-24,27,31,38-40,45H,5-6,8-14,17-18H2,1-3H3,(H,36,42)/t22-,23-,24-,27-,31+,33-,34-,35-/m0/s1. The van der Waals surface area contributed by atoms with Crippen molar-refractivity contribution in [3.63, 3.8) is 0 Å². The van der Waals surface area contributed by atoms with Crippen LogP contribution in [0.3, 0.4) is 0 Å². The summed E-state index contributed by atoms with van der Waals surface area (Å²) in [4.78, 5) is 63.1. The smallest absolute Gasteiger partial charge is 0.328 e. The van der Waals surface area contributed by atoms with Crippen molar-refractivity contribution in [2.45, 2.75) is 95.8 Å². The zero-order valence-electron chi connectivity index (χ0n) is 27.1. The van der Waals surface area contributed by atoms with Crippen LogP contribution >= 0.6 is 0 Å². The predicted molar refractivity (Wildman–Crippen MR) is 166 cm³/mol. The van der Waals surface area contributed by atoms with Gasteiger partial charge in [-0.1, -0.05) is 25.5 Å². The second kappa shape index (κ2) is 13.0. The van der Waals surface area contributed by atoms with E-state index in [1.54, 1.807) is 6.08 Å². The lowest BCUT2D eigenvalue weighted by Gasteiger charge is -2.60. The largest absolute Gasteiger partial charge is 0.504 e. The third kappa shape index (κ3) is 6.29. The molecule has 0 radical (unpaired) electrons. The van der Waals surface area contributed by atoms with Gasteiger partial charge in [0.25, 0.3) is 0 Å². The number of ether oxygens (including phenoxy) is 2. The number of fused-ring (bicyclic) bond motifs is 5. The zero-order chi connectivity index (χ0) is 34.3. The molecular formula is C35H45NO11. The fourth-order valence-electron chi connectivity index (χ4n) is 9.24. The van der Waals surface area contributed by atoms with E-state index in [0.717, 1.165) is 25.5 Å².